The van der Waals surface area contributed by atoms with Crippen molar-refractivity contribution in [1.29, 1.82) is 0 Å². The average molecular weight is 356 g/mol. The number of rotatable bonds is 7. The number of nitrogens with zero attached hydrogens (tertiary/aromatic N) is 7. The Kier molecular flexibility index (Phi) is 4.22. The fourth-order valence-corrected chi connectivity index (χ4v) is 3.03. The molecule has 0 amide bonds. The van der Waals surface area contributed by atoms with Gasteiger partial charge in [-0.25, -0.2) is 10.1 Å². The summed E-state index contributed by atoms with van der Waals surface area (Å²) in [5.74, 6) is 6.22. The highest BCUT2D eigenvalue weighted by Gasteiger charge is 2.52. The van der Waals surface area contributed by atoms with E-state index in [2.05, 4.69) is 36.3 Å². The molecular weight excluding hydrogens is 336 g/mol. The van der Waals surface area contributed by atoms with E-state index in [1.165, 1.54) is 5.12 Å². The molecule has 4 rings (SSSR count). The van der Waals surface area contributed by atoms with Crippen molar-refractivity contribution >= 4 is 6.21 Å². The second-order valence-electron chi connectivity index (χ2n) is 5.88. The van der Waals surface area contributed by atoms with Gasteiger partial charge < -0.3 is 5.73 Å². The third-order valence-electron chi connectivity index (χ3n) is 4.38. The fourth-order valence-electron chi connectivity index (χ4n) is 3.03. The summed E-state index contributed by atoms with van der Waals surface area (Å²) in [6.45, 7) is 0.441. The minimum atomic E-state index is -0.911. The maximum Gasteiger partial charge on any atom is 0.172 e. The van der Waals surface area contributed by atoms with Crippen LogP contribution in [-0.4, -0.2) is 47.3 Å². The molecular formula is C14H20N12. The van der Waals surface area contributed by atoms with Crippen LogP contribution in [0.15, 0.2) is 54.3 Å². The van der Waals surface area contributed by atoms with Gasteiger partial charge >= 0.3 is 0 Å². The molecule has 12 nitrogen and oxygen atoms in total. The van der Waals surface area contributed by atoms with Gasteiger partial charge in [0.15, 0.2) is 11.7 Å². The van der Waals surface area contributed by atoms with E-state index in [1.54, 1.807) is 34.2 Å². The van der Waals surface area contributed by atoms with E-state index in [1.807, 2.05) is 30.6 Å². The maximum absolute atomic E-state index is 6.56. The number of hydrogen-bond acceptors (Lipinski definition) is 9. The molecule has 0 saturated heterocycles. The van der Waals surface area contributed by atoms with Crippen LogP contribution < -0.4 is 22.4 Å². The molecule has 3 aromatic heterocycles. The number of H-pyrrole nitrogens is 1. The van der Waals surface area contributed by atoms with Crippen molar-refractivity contribution in [3.05, 3.63) is 54.9 Å². The summed E-state index contributed by atoms with van der Waals surface area (Å²) in [6, 6.07) is 5.50. The zero-order valence-corrected chi connectivity index (χ0v) is 13.8. The van der Waals surface area contributed by atoms with E-state index in [4.69, 9.17) is 11.6 Å². The molecule has 3 atom stereocenters. The Morgan fingerprint density at radius 2 is 2.12 bits per heavy atom. The quantitative estimate of drug-likeness (QED) is 0.193. The number of hydrogen-bond donors (Lipinski definition) is 5. The van der Waals surface area contributed by atoms with Crippen molar-refractivity contribution in [2.45, 2.75) is 24.4 Å². The number of nitrogens with one attached hydrogen (secondary N) is 3. The van der Waals surface area contributed by atoms with E-state index in [0.717, 1.165) is 5.69 Å². The Hall–Kier alpha value is -3.06. The summed E-state index contributed by atoms with van der Waals surface area (Å²) in [7, 11) is 0. The molecule has 3 aromatic rings. The van der Waals surface area contributed by atoms with Crippen LogP contribution in [0.5, 0.6) is 0 Å². The number of aromatic amines is 1. The Labute approximate surface area is 148 Å². The van der Waals surface area contributed by atoms with E-state index in [0.29, 0.717) is 6.54 Å². The predicted molar refractivity (Wildman–Crippen MR) is 92.5 cm³/mol. The molecule has 12 heteroatoms. The summed E-state index contributed by atoms with van der Waals surface area (Å²) in [5, 5.41) is 21.1. The molecule has 26 heavy (non-hydrogen) atoms. The van der Waals surface area contributed by atoms with Crippen molar-refractivity contribution in [2.75, 3.05) is 0 Å². The van der Waals surface area contributed by atoms with E-state index >= 15 is 0 Å². The van der Waals surface area contributed by atoms with Gasteiger partial charge in [0, 0.05) is 31.0 Å². The Morgan fingerprint density at radius 3 is 2.81 bits per heavy atom. The maximum atomic E-state index is 6.56. The lowest BCUT2D eigenvalue weighted by molar-refractivity contribution is 0.0270. The van der Waals surface area contributed by atoms with Crippen LogP contribution >= 0.6 is 0 Å². The van der Waals surface area contributed by atoms with Crippen LogP contribution in [0.4, 0.5) is 0 Å². The van der Waals surface area contributed by atoms with Gasteiger partial charge in [-0.3, -0.25) is 21.0 Å². The fraction of sp³-hybridized carbons (Fsp3) is 0.286. The lowest BCUT2D eigenvalue weighted by Crippen LogP contribution is -2.68. The topological polar surface area (TPSA) is 156 Å². The molecule has 7 N–H and O–H groups in total. The van der Waals surface area contributed by atoms with Gasteiger partial charge in [-0.1, -0.05) is 0 Å². The van der Waals surface area contributed by atoms with Crippen molar-refractivity contribution < 1.29 is 0 Å². The van der Waals surface area contributed by atoms with E-state index < -0.39 is 17.9 Å². The lowest BCUT2D eigenvalue weighted by atomic mass is 9.94. The molecule has 4 heterocycles. The number of aromatic nitrogens is 6. The average Bonchev–Trinajstić information content (AvgIpc) is 3.44. The molecule has 0 fully saturated rings. The monoisotopic (exact) mass is 356 g/mol. The molecule has 0 spiro atoms. The third-order valence-corrected chi connectivity index (χ3v) is 4.38. The lowest BCUT2D eigenvalue weighted by Gasteiger charge is -2.41. The molecule has 0 aromatic carbocycles. The summed E-state index contributed by atoms with van der Waals surface area (Å²) in [5.41, 5.74) is 12.6. The van der Waals surface area contributed by atoms with E-state index in [9.17, 15) is 0 Å². The van der Waals surface area contributed by atoms with Crippen LogP contribution in [0.25, 0.3) is 0 Å². The molecule has 1 aliphatic rings. The van der Waals surface area contributed by atoms with Gasteiger partial charge in [-0.05, 0) is 18.2 Å². The SMILES string of the molecule is NC(N(N)NCc1ccn[nH]1)C1(n2cccn2)C=NNC1n1cccn1. The van der Waals surface area contributed by atoms with Gasteiger partial charge in [-0.15, -0.1) is 0 Å². The van der Waals surface area contributed by atoms with Crippen molar-refractivity contribution in [2.24, 2.45) is 16.7 Å². The molecule has 136 valence electrons. The summed E-state index contributed by atoms with van der Waals surface area (Å²) < 4.78 is 3.46. The van der Waals surface area contributed by atoms with Gasteiger partial charge in [-0.2, -0.15) is 25.5 Å². The number of nitrogens with two attached hydrogens (primary N) is 2. The van der Waals surface area contributed by atoms with Crippen LogP contribution in [0.3, 0.4) is 0 Å². The summed E-state index contributed by atoms with van der Waals surface area (Å²) >= 11 is 0. The van der Waals surface area contributed by atoms with Gasteiger partial charge in [0.25, 0.3) is 0 Å². The number of hydrazine groups is 2. The first kappa shape index (κ1) is 16.4. The molecule has 0 radical (unpaired) electrons. The smallest absolute Gasteiger partial charge is 0.172 e. The van der Waals surface area contributed by atoms with Crippen molar-refractivity contribution in [3.8, 4) is 0 Å². The van der Waals surface area contributed by atoms with Crippen molar-refractivity contribution in [1.82, 2.24) is 45.7 Å². The molecule has 0 aliphatic carbocycles. The van der Waals surface area contributed by atoms with Crippen LogP contribution in [-0.2, 0) is 12.1 Å². The van der Waals surface area contributed by atoms with Crippen LogP contribution in [0.2, 0.25) is 0 Å². The molecule has 1 aliphatic heterocycles. The highest BCUT2D eigenvalue weighted by molar-refractivity contribution is 5.71. The summed E-state index contributed by atoms with van der Waals surface area (Å²) in [4.78, 5) is 0. The minimum absolute atomic E-state index is 0.410. The first-order valence-corrected chi connectivity index (χ1v) is 8.02. The van der Waals surface area contributed by atoms with Gasteiger partial charge in [0.2, 0.25) is 0 Å². The Bertz CT molecular complexity index is 824. The van der Waals surface area contributed by atoms with E-state index in [-0.39, 0.29) is 0 Å². The highest BCUT2D eigenvalue weighted by Crippen LogP contribution is 2.33. The predicted octanol–water partition coefficient (Wildman–Crippen LogP) is -1.55. The van der Waals surface area contributed by atoms with Crippen LogP contribution in [0.1, 0.15) is 11.9 Å². The van der Waals surface area contributed by atoms with Gasteiger partial charge in [0.05, 0.1) is 18.5 Å². The Balaban J connectivity index is 1.64. The van der Waals surface area contributed by atoms with Gasteiger partial charge in [0.1, 0.15) is 6.17 Å². The number of hydrazone groups is 1. The Morgan fingerprint density at radius 1 is 1.27 bits per heavy atom. The normalized spacial score (nSPS) is 23.4. The second kappa shape index (κ2) is 6.68. The minimum Gasteiger partial charge on any atom is -0.311 e. The largest absolute Gasteiger partial charge is 0.311 e. The summed E-state index contributed by atoms with van der Waals surface area (Å²) in [6.07, 6.45) is 9.26. The first-order valence-electron chi connectivity index (χ1n) is 8.02. The third kappa shape index (κ3) is 2.66. The van der Waals surface area contributed by atoms with Crippen LogP contribution in [0, 0.1) is 0 Å². The molecule has 3 unspecified atom stereocenters. The highest BCUT2D eigenvalue weighted by atomic mass is 15.7. The first-order chi connectivity index (χ1) is 12.7. The standard InChI is InChI=1S/C14H20N12/c15-12(26(16)21-9-11-3-6-17-22-11)14(25-8-2-5-20-25)10-18-23-13(14)24-7-1-4-19-24/h1-8,10,12-13,21,23H,9,15-16H2,(H,17,22). The molecule has 0 bridgehead atoms. The zero-order valence-electron chi connectivity index (χ0n) is 13.8. The van der Waals surface area contributed by atoms with Crippen molar-refractivity contribution in [3.63, 3.8) is 0 Å². The zero-order chi connectivity index (χ0) is 18.0. The second-order valence-corrected chi connectivity index (χ2v) is 5.88. The molecule has 0 saturated carbocycles.